The van der Waals surface area contributed by atoms with E-state index in [1.54, 1.807) is 0 Å². The fraction of sp³-hybridized carbons (Fsp3) is 0.538. The summed E-state index contributed by atoms with van der Waals surface area (Å²) in [6, 6.07) is 9.82. The number of ether oxygens (including phenoxy) is 2. The van der Waals surface area contributed by atoms with Crippen molar-refractivity contribution in [1.29, 1.82) is 0 Å². The van der Waals surface area contributed by atoms with Crippen LogP contribution in [0.25, 0.3) is 0 Å². The van der Waals surface area contributed by atoms with Gasteiger partial charge >= 0.3 is 0 Å². The topological polar surface area (TPSA) is 18.5 Å². The lowest BCUT2D eigenvalue weighted by atomic mass is 10.1. The maximum atomic E-state index is 5.49. The van der Waals surface area contributed by atoms with Crippen LogP contribution < -0.4 is 4.74 Å². The number of para-hydroxylation sites is 1. The fourth-order valence-corrected chi connectivity index (χ4v) is 1.16. The molecule has 84 valence electrons. The van der Waals surface area contributed by atoms with Crippen molar-refractivity contribution in [2.75, 3.05) is 19.8 Å². The van der Waals surface area contributed by atoms with Crippen LogP contribution in [-0.4, -0.2) is 19.8 Å². The Morgan fingerprint density at radius 1 is 1.00 bits per heavy atom. The fourth-order valence-electron chi connectivity index (χ4n) is 1.16. The zero-order valence-corrected chi connectivity index (χ0v) is 9.61. The van der Waals surface area contributed by atoms with E-state index in [2.05, 4.69) is 13.8 Å². The molecule has 0 unspecified atom stereocenters. The van der Waals surface area contributed by atoms with Crippen LogP contribution in [-0.2, 0) is 4.74 Å². The average Bonchev–Trinajstić information content (AvgIpc) is 2.24. The van der Waals surface area contributed by atoms with E-state index in [4.69, 9.17) is 9.47 Å². The van der Waals surface area contributed by atoms with Crippen molar-refractivity contribution >= 4 is 0 Å². The van der Waals surface area contributed by atoms with E-state index in [0.29, 0.717) is 19.1 Å². The van der Waals surface area contributed by atoms with Crippen LogP contribution in [0.15, 0.2) is 30.3 Å². The second kappa shape index (κ2) is 7.30. The van der Waals surface area contributed by atoms with Gasteiger partial charge in [-0.3, -0.25) is 0 Å². The van der Waals surface area contributed by atoms with Crippen LogP contribution in [0.1, 0.15) is 20.3 Å². The largest absolute Gasteiger partial charge is 0.491 e. The van der Waals surface area contributed by atoms with E-state index >= 15 is 0 Å². The van der Waals surface area contributed by atoms with Gasteiger partial charge in [0.15, 0.2) is 0 Å². The molecule has 0 aliphatic rings. The summed E-state index contributed by atoms with van der Waals surface area (Å²) in [6.45, 7) is 6.52. The minimum absolute atomic E-state index is 0.627. The molecule has 0 aliphatic carbocycles. The number of hydrogen-bond donors (Lipinski definition) is 0. The maximum Gasteiger partial charge on any atom is 0.119 e. The summed E-state index contributed by atoms with van der Waals surface area (Å²) >= 11 is 0. The Bertz CT molecular complexity index is 244. The highest BCUT2D eigenvalue weighted by Crippen LogP contribution is 2.07. The highest BCUT2D eigenvalue weighted by Gasteiger charge is 1.94. The molecular formula is C13H20O2. The molecule has 2 heteroatoms. The van der Waals surface area contributed by atoms with Gasteiger partial charge in [0.05, 0.1) is 6.61 Å². The molecule has 0 fully saturated rings. The molecule has 15 heavy (non-hydrogen) atoms. The van der Waals surface area contributed by atoms with Gasteiger partial charge in [0.2, 0.25) is 0 Å². The van der Waals surface area contributed by atoms with Gasteiger partial charge in [-0.2, -0.15) is 0 Å². The summed E-state index contributed by atoms with van der Waals surface area (Å²) in [6.07, 6.45) is 1.12. The zero-order valence-electron chi connectivity index (χ0n) is 9.61. The molecule has 0 heterocycles. The third-order valence-corrected chi connectivity index (χ3v) is 2.08. The third kappa shape index (κ3) is 6.13. The normalized spacial score (nSPS) is 10.6. The molecule has 0 aromatic heterocycles. The zero-order chi connectivity index (χ0) is 10.9. The summed E-state index contributed by atoms with van der Waals surface area (Å²) in [4.78, 5) is 0. The Morgan fingerprint density at radius 3 is 2.40 bits per heavy atom. The predicted octanol–water partition coefficient (Wildman–Crippen LogP) is 3.13. The van der Waals surface area contributed by atoms with E-state index in [1.807, 2.05) is 30.3 Å². The molecule has 0 spiro atoms. The predicted molar refractivity (Wildman–Crippen MR) is 62.2 cm³/mol. The minimum atomic E-state index is 0.627. The standard InChI is InChI=1S/C13H20O2/c1-12(2)8-9-14-10-11-15-13-6-4-3-5-7-13/h3-7,12H,8-11H2,1-2H3. The lowest BCUT2D eigenvalue weighted by Crippen LogP contribution is -2.08. The molecule has 1 aromatic carbocycles. The molecule has 0 radical (unpaired) electrons. The third-order valence-electron chi connectivity index (χ3n) is 2.08. The Morgan fingerprint density at radius 2 is 1.73 bits per heavy atom. The SMILES string of the molecule is CC(C)CCOCCOc1ccccc1. The Kier molecular flexibility index (Phi) is 5.86. The molecule has 0 amide bonds. The molecular weight excluding hydrogens is 188 g/mol. The van der Waals surface area contributed by atoms with E-state index in [1.165, 1.54) is 0 Å². The monoisotopic (exact) mass is 208 g/mol. The van der Waals surface area contributed by atoms with Crippen molar-refractivity contribution in [2.24, 2.45) is 5.92 Å². The van der Waals surface area contributed by atoms with Crippen molar-refractivity contribution in [3.63, 3.8) is 0 Å². The van der Waals surface area contributed by atoms with Crippen molar-refractivity contribution in [3.8, 4) is 5.75 Å². The molecule has 1 rings (SSSR count). The van der Waals surface area contributed by atoms with Gasteiger partial charge < -0.3 is 9.47 Å². The number of hydrogen-bond acceptors (Lipinski definition) is 2. The highest BCUT2D eigenvalue weighted by atomic mass is 16.5. The van der Waals surface area contributed by atoms with Gasteiger partial charge in [0.1, 0.15) is 12.4 Å². The van der Waals surface area contributed by atoms with Gasteiger partial charge in [-0.25, -0.2) is 0 Å². The molecule has 0 bridgehead atoms. The summed E-state index contributed by atoms with van der Waals surface area (Å²) in [7, 11) is 0. The average molecular weight is 208 g/mol. The summed E-state index contributed by atoms with van der Waals surface area (Å²) in [5.74, 6) is 1.62. The van der Waals surface area contributed by atoms with Crippen molar-refractivity contribution < 1.29 is 9.47 Å². The summed E-state index contributed by atoms with van der Waals surface area (Å²) < 4.78 is 10.9. The molecule has 1 aromatic rings. The first-order valence-corrected chi connectivity index (χ1v) is 5.54. The number of benzene rings is 1. The Balaban J connectivity index is 1.98. The van der Waals surface area contributed by atoms with Gasteiger partial charge in [0.25, 0.3) is 0 Å². The Labute approximate surface area is 92.2 Å². The maximum absolute atomic E-state index is 5.49. The Hall–Kier alpha value is -1.02. The molecule has 0 saturated heterocycles. The molecule has 0 N–H and O–H groups in total. The molecule has 0 saturated carbocycles. The van der Waals surface area contributed by atoms with Crippen molar-refractivity contribution in [2.45, 2.75) is 20.3 Å². The first-order chi connectivity index (χ1) is 7.29. The van der Waals surface area contributed by atoms with E-state index < -0.39 is 0 Å². The lowest BCUT2D eigenvalue weighted by molar-refractivity contribution is 0.0926. The second-order valence-corrected chi connectivity index (χ2v) is 3.96. The summed E-state index contributed by atoms with van der Waals surface area (Å²) in [5, 5.41) is 0. The van der Waals surface area contributed by atoms with Gasteiger partial charge in [-0.15, -0.1) is 0 Å². The van der Waals surface area contributed by atoms with Crippen LogP contribution in [0.2, 0.25) is 0 Å². The highest BCUT2D eigenvalue weighted by molar-refractivity contribution is 5.20. The van der Waals surface area contributed by atoms with Crippen LogP contribution in [0, 0.1) is 5.92 Å². The van der Waals surface area contributed by atoms with Crippen LogP contribution in [0.3, 0.4) is 0 Å². The smallest absolute Gasteiger partial charge is 0.119 e. The first-order valence-electron chi connectivity index (χ1n) is 5.54. The summed E-state index contributed by atoms with van der Waals surface area (Å²) in [5.41, 5.74) is 0. The second-order valence-electron chi connectivity index (χ2n) is 3.96. The quantitative estimate of drug-likeness (QED) is 0.641. The van der Waals surface area contributed by atoms with Crippen molar-refractivity contribution in [3.05, 3.63) is 30.3 Å². The minimum Gasteiger partial charge on any atom is -0.491 e. The van der Waals surface area contributed by atoms with E-state index in [-0.39, 0.29) is 0 Å². The van der Waals surface area contributed by atoms with Gasteiger partial charge in [-0.1, -0.05) is 32.0 Å². The number of rotatable bonds is 7. The molecule has 0 aliphatic heterocycles. The van der Waals surface area contributed by atoms with E-state index in [9.17, 15) is 0 Å². The van der Waals surface area contributed by atoms with Crippen molar-refractivity contribution in [1.82, 2.24) is 0 Å². The lowest BCUT2D eigenvalue weighted by Gasteiger charge is -2.08. The van der Waals surface area contributed by atoms with Crippen LogP contribution in [0.5, 0.6) is 5.75 Å². The van der Waals surface area contributed by atoms with Gasteiger partial charge in [0, 0.05) is 6.61 Å². The van der Waals surface area contributed by atoms with Gasteiger partial charge in [-0.05, 0) is 24.5 Å². The van der Waals surface area contributed by atoms with E-state index in [0.717, 1.165) is 18.8 Å². The molecule has 0 atom stereocenters. The van der Waals surface area contributed by atoms with Crippen LogP contribution in [0.4, 0.5) is 0 Å². The van der Waals surface area contributed by atoms with Crippen LogP contribution >= 0.6 is 0 Å². The molecule has 2 nitrogen and oxygen atoms in total. The first kappa shape index (κ1) is 12.1.